The van der Waals surface area contributed by atoms with E-state index in [2.05, 4.69) is 4.72 Å². The summed E-state index contributed by atoms with van der Waals surface area (Å²) in [6, 6.07) is 19.7. The highest BCUT2D eigenvalue weighted by Gasteiger charge is 2.15. The van der Waals surface area contributed by atoms with Crippen LogP contribution < -0.4 is 9.46 Å². The van der Waals surface area contributed by atoms with Gasteiger partial charge in [0.25, 0.3) is 10.0 Å². The Morgan fingerprint density at radius 3 is 2.19 bits per heavy atom. The number of carbonyl (C=O) groups is 2. The lowest BCUT2D eigenvalue weighted by Crippen LogP contribution is -2.13. The summed E-state index contributed by atoms with van der Waals surface area (Å²) in [6.45, 7) is 3.33. The Morgan fingerprint density at radius 2 is 1.58 bits per heavy atom. The van der Waals surface area contributed by atoms with Crippen LogP contribution in [0.5, 0.6) is 11.5 Å². The molecular formula is C23H21NO5S2. The van der Waals surface area contributed by atoms with Crippen molar-refractivity contribution in [3.8, 4) is 11.5 Å². The predicted molar refractivity (Wildman–Crippen MR) is 122 cm³/mol. The molecule has 3 aromatic carbocycles. The van der Waals surface area contributed by atoms with Gasteiger partial charge in [-0.05, 0) is 67.1 Å². The number of ether oxygens (including phenoxy) is 1. The van der Waals surface area contributed by atoms with Crippen LogP contribution in [0.3, 0.4) is 0 Å². The van der Waals surface area contributed by atoms with E-state index in [0.29, 0.717) is 22.7 Å². The molecule has 3 aromatic rings. The summed E-state index contributed by atoms with van der Waals surface area (Å²) in [5, 5.41) is -0.131. The zero-order chi connectivity index (χ0) is 22.4. The molecule has 0 spiro atoms. The Morgan fingerprint density at radius 1 is 0.935 bits per heavy atom. The van der Waals surface area contributed by atoms with E-state index in [1.165, 1.54) is 43.3 Å². The largest absolute Gasteiger partial charge is 0.457 e. The summed E-state index contributed by atoms with van der Waals surface area (Å²) in [5.41, 5.74) is 1.72. The second-order valence-electron chi connectivity index (χ2n) is 6.73. The minimum absolute atomic E-state index is 0.0529. The zero-order valence-corrected chi connectivity index (χ0v) is 18.6. The molecule has 0 saturated heterocycles. The second kappa shape index (κ2) is 9.80. The van der Waals surface area contributed by atoms with Gasteiger partial charge in [0.15, 0.2) is 10.9 Å². The van der Waals surface area contributed by atoms with Crippen molar-refractivity contribution in [1.82, 2.24) is 0 Å². The summed E-state index contributed by atoms with van der Waals surface area (Å²) in [5.74, 6) is 1.09. The van der Waals surface area contributed by atoms with E-state index >= 15 is 0 Å². The molecule has 160 valence electrons. The van der Waals surface area contributed by atoms with Crippen LogP contribution in [0.25, 0.3) is 0 Å². The van der Waals surface area contributed by atoms with Gasteiger partial charge in [0.1, 0.15) is 11.5 Å². The summed E-state index contributed by atoms with van der Waals surface area (Å²) in [4.78, 5) is 23.1. The number of hydrogen-bond donors (Lipinski definition) is 1. The van der Waals surface area contributed by atoms with Gasteiger partial charge in [-0.3, -0.25) is 14.3 Å². The average molecular weight is 456 g/mol. The molecule has 0 aliphatic rings. The molecule has 0 aliphatic heterocycles. The third kappa shape index (κ3) is 6.19. The number of nitrogens with one attached hydrogen (secondary N) is 1. The zero-order valence-electron chi connectivity index (χ0n) is 17.0. The number of ketones is 1. The van der Waals surface area contributed by atoms with Gasteiger partial charge < -0.3 is 4.74 Å². The molecule has 0 aliphatic carbocycles. The van der Waals surface area contributed by atoms with Gasteiger partial charge in [0.2, 0.25) is 0 Å². The summed E-state index contributed by atoms with van der Waals surface area (Å²) < 4.78 is 33.6. The standard InChI is InChI=1S/C23H21NO5S2/c1-16-5-3-4-6-23(16)29-20-11-13-21(14-12-20)31(27,28)24-19-9-7-18(8-10-19)22(26)15-30-17(2)25/h3-14,24H,15H2,1-2H3. The molecule has 0 unspecified atom stereocenters. The van der Waals surface area contributed by atoms with Crippen LogP contribution in [0.1, 0.15) is 22.8 Å². The number of carbonyl (C=O) groups excluding carboxylic acids is 2. The fraction of sp³-hybridized carbons (Fsp3) is 0.130. The predicted octanol–water partition coefficient (Wildman–Crippen LogP) is 5.05. The molecule has 0 bridgehead atoms. The van der Waals surface area contributed by atoms with Crippen LogP contribution in [0.4, 0.5) is 5.69 Å². The molecule has 0 aromatic heterocycles. The van der Waals surface area contributed by atoms with Gasteiger partial charge in [0.05, 0.1) is 10.6 Å². The van der Waals surface area contributed by atoms with Crippen molar-refractivity contribution in [3.63, 3.8) is 0 Å². The molecule has 0 amide bonds. The van der Waals surface area contributed by atoms with Crippen LogP contribution in [-0.2, 0) is 14.8 Å². The number of hydrogen-bond acceptors (Lipinski definition) is 6. The van der Waals surface area contributed by atoms with E-state index in [1.807, 2.05) is 31.2 Å². The number of thioether (sulfide) groups is 1. The Labute approximate surface area is 185 Å². The molecule has 3 rings (SSSR count). The molecule has 0 saturated carbocycles. The van der Waals surface area contributed by atoms with Gasteiger partial charge in [-0.25, -0.2) is 8.42 Å². The first-order valence-corrected chi connectivity index (χ1v) is 11.8. The van der Waals surface area contributed by atoms with Crippen molar-refractivity contribution in [2.45, 2.75) is 18.7 Å². The minimum Gasteiger partial charge on any atom is -0.457 e. The lowest BCUT2D eigenvalue weighted by Gasteiger charge is -2.11. The van der Waals surface area contributed by atoms with Gasteiger partial charge in [0, 0.05) is 18.2 Å². The average Bonchev–Trinajstić information content (AvgIpc) is 2.74. The summed E-state index contributed by atoms with van der Waals surface area (Å²) in [7, 11) is -3.80. The summed E-state index contributed by atoms with van der Waals surface area (Å²) >= 11 is 0.938. The highest BCUT2D eigenvalue weighted by Crippen LogP contribution is 2.26. The molecule has 0 fully saturated rings. The topological polar surface area (TPSA) is 89.5 Å². The highest BCUT2D eigenvalue weighted by atomic mass is 32.2. The van der Waals surface area contributed by atoms with E-state index in [4.69, 9.17) is 4.74 Å². The molecule has 31 heavy (non-hydrogen) atoms. The quantitative estimate of drug-likeness (QED) is 0.478. The fourth-order valence-corrected chi connectivity index (χ4v) is 4.23. The Kier molecular flexibility index (Phi) is 7.14. The van der Waals surface area contributed by atoms with Crippen LogP contribution in [-0.4, -0.2) is 25.1 Å². The number of aryl methyl sites for hydroxylation is 1. The van der Waals surface area contributed by atoms with E-state index in [1.54, 1.807) is 12.1 Å². The molecule has 1 N–H and O–H groups in total. The van der Waals surface area contributed by atoms with Crippen LogP contribution in [0, 0.1) is 6.92 Å². The van der Waals surface area contributed by atoms with Crippen molar-refractivity contribution in [3.05, 3.63) is 83.9 Å². The Balaban J connectivity index is 1.67. The first kappa shape index (κ1) is 22.6. The third-order valence-electron chi connectivity index (χ3n) is 4.32. The molecule has 0 atom stereocenters. The minimum atomic E-state index is -3.80. The maximum atomic E-state index is 12.7. The summed E-state index contributed by atoms with van der Waals surface area (Å²) in [6.07, 6.45) is 0. The maximum absolute atomic E-state index is 12.7. The van der Waals surface area contributed by atoms with Gasteiger partial charge >= 0.3 is 0 Å². The molecule has 6 nitrogen and oxygen atoms in total. The van der Waals surface area contributed by atoms with Crippen LogP contribution in [0.2, 0.25) is 0 Å². The normalized spacial score (nSPS) is 11.0. The smallest absolute Gasteiger partial charge is 0.261 e. The Hall–Kier alpha value is -3.10. The monoisotopic (exact) mass is 455 g/mol. The van der Waals surface area contributed by atoms with E-state index < -0.39 is 10.0 Å². The molecule has 0 radical (unpaired) electrons. The second-order valence-corrected chi connectivity index (χ2v) is 9.56. The fourth-order valence-electron chi connectivity index (χ4n) is 2.67. The van der Waals surface area contributed by atoms with Crippen LogP contribution >= 0.6 is 11.8 Å². The highest BCUT2D eigenvalue weighted by molar-refractivity contribution is 8.14. The number of benzene rings is 3. The van der Waals surface area contributed by atoms with Crippen molar-refractivity contribution in [2.75, 3.05) is 10.5 Å². The van der Waals surface area contributed by atoms with Gasteiger partial charge in [-0.1, -0.05) is 30.0 Å². The van der Waals surface area contributed by atoms with E-state index in [0.717, 1.165) is 17.3 Å². The van der Waals surface area contributed by atoms with Gasteiger partial charge in [-0.15, -0.1) is 0 Å². The Bertz CT molecular complexity index is 1190. The number of anilines is 1. The number of sulfonamides is 1. The van der Waals surface area contributed by atoms with Crippen molar-refractivity contribution in [1.29, 1.82) is 0 Å². The van der Waals surface area contributed by atoms with Crippen molar-refractivity contribution >= 4 is 38.4 Å². The van der Waals surface area contributed by atoms with Crippen LogP contribution in [0.15, 0.2) is 77.7 Å². The lowest BCUT2D eigenvalue weighted by atomic mass is 10.1. The SMILES string of the molecule is CC(=O)SCC(=O)c1ccc(NS(=O)(=O)c2ccc(Oc3ccccc3C)cc2)cc1. The number of Topliss-reactive ketones (excluding diaryl/α,β-unsaturated/α-hetero) is 1. The van der Waals surface area contributed by atoms with Gasteiger partial charge in [-0.2, -0.15) is 0 Å². The molecule has 0 heterocycles. The maximum Gasteiger partial charge on any atom is 0.261 e. The van der Waals surface area contributed by atoms with E-state index in [-0.39, 0.29) is 21.5 Å². The first-order chi connectivity index (χ1) is 14.7. The van der Waals surface area contributed by atoms with Crippen molar-refractivity contribution in [2.24, 2.45) is 0 Å². The number of rotatable bonds is 8. The first-order valence-electron chi connectivity index (χ1n) is 9.37. The lowest BCUT2D eigenvalue weighted by molar-refractivity contribution is -0.109. The molecular weight excluding hydrogens is 434 g/mol. The van der Waals surface area contributed by atoms with Crippen molar-refractivity contribution < 1.29 is 22.7 Å². The molecule has 8 heteroatoms. The van der Waals surface area contributed by atoms with E-state index in [9.17, 15) is 18.0 Å². The number of para-hydroxylation sites is 1. The third-order valence-corrected chi connectivity index (χ3v) is 6.53.